The summed E-state index contributed by atoms with van der Waals surface area (Å²) in [6.07, 6.45) is -0.394. The molecular weight excluding hydrogens is 418 g/mol. The highest BCUT2D eigenvalue weighted by Crippen LogP contribution is 2.24. The summed E-state index contributed by atoms with van der Waals surface area (Å²) in [6, 6.07) is 13.1. The lowest BCUT2D eigenvalue weighted by Crippen LogP contribution is -2.51. The van der Waals surface area contributed by atoms with E-state index in [1.165, 1.54) is 41.1 Å². The van der Waals surface area contributed by atoms with Gasteiger partial charge in [0.25, 0.3) is 5.91 Å². The number of rotatable bonds is 4. The zero-order valence-corrected chi connectivity index (χ0v) is 17.5. The molecule has 1 fully saturated rings. The molecule has 9 heteroatoms. The van der Waals surface area contributed by atoms with Crippen molar-refractivity contribution < 1.29 is 23.1 Å². The molecule has 2 amide bonds. The molecule has 0 spiro atoms. The molecule has 1 saturated heterocycles. The quantitative estimate of drug-likeness (QED) is 0.620. The Hall–Kier alpha value is -3.75. The van der Waals surface area contributed by atoms with Crippen molar-refractivity contribution >= 4 is 12.0 Å². The van der Waals surface area contributed by atoms with Gasteiger partial charge >= 0.3 is 6.09 Å². The molecule has 7 nitrogen and oxygen atoms in total. The third-order valence-corrected chi connectivity index (χ3v) is 5.23. The van der Waals surface area contributed by atoms with Crippen molar-refractivity contribution in [2.24, 2.45) is 0 Å². The number of aromatic nitrogens is 2. The highest BCUT2D eigenvalue weighted by molar-refractivity contribution is 5.94. The highest BCUT2D eigenvalue weighted by atomic mass is 19.1. The average molecular weight is 440 g/mol. The normalized spacial score (nSPS) is 13.8. The fourth-order valence-electron chi connectivity index (χ4n) is 3.54. The van der Waals surface area contributed by atoms with E-state index < -0.39 is 11.9 Å². The van der Waals surface area contributed by atoms with Crippen LogP contribution in [0.5, 0.6) is 0 Å². The predicted molar refractivity (Wildman–Crippen MR) is 113 cm³/mol. The molecule has 1 aromatic heterocycles. The van der Waals surface area contributed by atoms with Crippen molar-refractivity contribution in [1.29, 1.82) is 0 Å². The van der Waals surface area contributed by atoms with E-state index in [4.69, 9.17) is 4.74 Å². The van der Waals surface area contributed by atoms with Crippen LogP contribution in [0, 0.1) is 11.6 Å². The maximum atomic E-state index is 13.4. The second-order valence-corrected chi connectivity index (χ2v) is 7.29. The minimum atomic E-state index is -0.400. The molecule has 1 aliphatic rings. The van der Waals surface area contributed by atoms with Crippen molar-refractivity contribution in [1.82, 2.24) is 19.6 Å². The molecule has 32 heavy (non-hydrogen) atoms. The Labute approximate surface area is 183 Å². The number of hydrogen-bond donors (Lipinski definition) is 0. The summed E-state index contributed by atoms with van der Waals surface area (Å²) in [5, 5.41) is 4.53. The molecule has 1 aliphatic heterocycles. The van der Waals surface area contributed by atoms with Crippen LogP contribution in [0.25, 0.3) is 16.9 Å². The molecule has 0 bridgehead atoms. The fourth-order valence-corrected chi connectivity index (χ4v) is 3.54. The third-order valence-electron chi connectivity index (χ3n) is 5.23. The minimum absolute atomic E-state index is 0.265. The number of piperazine rings is 1. The summed E-state index contributed by atoms with van der Waals surface area (Å²) in [7, 11) is 0. The molecule has 0 atom stereocenters. The lowest BCUT2D eigenvalue weighted by molar-refractivity contribution is 0.0563. The van der Waals surface area contributed by atoms with Gasteiger partial charge in [0.2, 0.25) is 0 Å². The number of benzene rings is 2. The number of hydrogen-bond acceptors (Lipinski definition) is 4. The van der Waals surface area contributed by atoms with Gasteiger partial charge in [0.15, 0.2) is 0 Å². The Morgan fingerprint density at radius 2 is 1.47 bits per heavy atom. The summed E-state index contributed by atoms with van der Waals surface area (Å²) in [5.41, 5.74) is 1.95. The summed E-state index contributed by atoms with van der Waals surface area (Å²) < 4.78 is 33.3. The summed E-state index contributed by atoms with van der Waals surface area (Å²) in [6.45, 7) is 3.45. The molecular formula is C23H22F2N4O3. The second kappa shape index (κ2) is 9.17. The van der Waals surface area contributed by atoms with E-state index in [0.717, 1.165) is 0 Å². The molecule has 2 aromatic carbocycles. The highest BCUT2D eigenvalue weighted by Gasteiger charge is 2.28. The van der Waals surface area contributed by atoms with E-state index >= 15 is 0 Å². The van der Waals surface area contributed by atoms with E-state index in [-0.39, 0.29) is 11.7 Å². The Morgan fingerprint density at radius 3 is 2.06 bits per heavy atom. The smallest absolute Gasteiger partial charge is 0.409 e. The van der Waals surface area contributed by atoms with Crippen LogP contribution in [0.3, 0.4) is 0 Å². The van der Waals surface area contributed by atoms with Gasteiger partial charge in [-0.05, 0) is 61.5 Å². The molecule has 4 rings (SSSR count). The summed E-state index contributed by atoms with van der Waals surface area (Å²) in [5.74, 6) is -1.04. The van der Waals surface area contributed by atoms with Gasteiger partial charge in [0.05, 0.1) is 18.0 Å². The predicted octanol–water partition coefficient (Wildman–Crippen LogP) is 3.73. The standard InChI is InChI=1S/C23H22F2N4O3/c1-2-32-23(31)28-13-11-27(12-14-28)22(30)21-15-20(16-3-5-17(24)6-4-16)26-29(21)19-9-7-18(25)8-10-19/h3-10,15H,2,11-14H2,1H3. The molecule has 0 radical (unpaired) electrons. The monoisotopic (exact) mass is 440 g/mol. The molecule has 0 saturated carbocycles. The number of amides is 2. The summed E-state index contributed by atoms with van der Waals surface area (Å²) in [4.78, 5) is 28.5. The first-order valence-corrected chi connectivity index (χ1v) is 10.3. The van der Waals surface area contributed by atoms with E-state index in [9.17, 15) is 18.4 Å². The molecule has 0 unspecified atom stereocenters. The van der Waals surface area contributed by atoms with Crippen LogP contribution in [-0.2, 0) is 4.74 Å². The van der Waals surface area contributed by atoms with E-state index in [1.54, 1.807) is 34.9 Å². The number of ether oxygens (including phenoxy) is 1. The Bertz CT molecular complexity index is 1110. The van der Waals surface area contributed by atoms with Gasteiger partial charge in [-0.1, -0.05) is 0 Å². The van der Waals surface area contributed by atoms with Gasteiger partial charge in [-0.15, -0.1) is 0 Å². The van der Waals surface area contributed by atoms with Crippen molar-refractivity contribution in [3.05, 3.63) is 71.9 Å². The maximum Gasteiger partial charge on any atom is 0.409 e. The first-order chi connectivity index (χ1) is 15.5. The zero-order valence-electron chi connectivity index (χ0n) is 17.5. The third kappa shape index (κ3) is 4.46. The number of nitrogens with zero attached hydrogens (tertiary/aromatic N) is 4. The van der Waals surface area contributed by atoms with Gasteiger partial charge in [-0.2, -0.15) is 5.10 Å². The van der Waals surface area contributed by atoms with E-state index in [0.29, 0.717) is 55.4 Å². The molecule has 0 aliphatic carbocycles. The van der Waals surface area contributed by atoms with Crippen LogP contribution in [0.15, 0.2) is 54.6 Å². The molecule has 3 aromatic rings. The molecule has 166 valence electrons. The topological polar surface area (TPSA) is 67.7 Å². The van der Waals surface area contributed by atoms with Crippen molar-refractivity contribution in [3.8, 4) is 16.9 Å². The van der Waals surface area contributed by atoms with Gasteiger partial charge in [-0.25, -0.2) is 18.3 Å². The largest absolute Gasteiger partial charge is 0.450 e. The number of carbonyl (C=O) groups is 2. The van der Waals surface area contributed by atoms with Gasteiger partial charge in [0.1, 0.15) is 17.3 Å². The minimum Gasteiger partial charge on any atom is -0.450 e. The van der Waals surface area contributed by atoms with Gasteiger partial charge in [-0.3, -0.25) is 4.79 Å². The van der Waals surface area contributed by atoms with Gasteiger partial charge in [0, 0.05) is 31.7 Å². The van der Waals surface area contributed by atoms with Gasteiger partial charge < -0.3 is 14.5 Å². The van der Waals surface area contributed by atoms with Crippen LogP contribution >= 0.6 is 0 Å². The van der Waals surface area contributed by atoms with Crippen molar-refractivity contribution in [2.75, 3.05) is 32.8 Å². The van der Waals surface area contributed by atoms with Crippen LogP contribution in [-0.4, -0.2) is 64.4 Å². The molecule has 2 heterocycles. The average Bonchev–Trinajstić information content (AvgIpc) is 3.25. The number of halogens is 2. The Balaban J connectivity index is 1.63. The van der Waals surface area contributed by atoms with Crippen molar-refractivity contribution in [3.63, 3.8) is 0 Å². The lowest BCUT2D eigenvalue weighted by atomic mass is 10.1. The summed E-state index contributed by atoms with van der Waals surface area (Å²) >= 11 is 0. The van der Waals surface area contributed by atoms with Crippen LogP contribution in [0.4, 0.5) is 13.6 Å². The van der Waals surface area contributed by atoms with E-state index in [2.05, 4.69) is 5.10 Å². The first-order valence-electron chi connectivity index (χ1n) is 10.3. The first kappa shape index (κ1) is 21.5. The Kier molecular flexibility index (Phi) is 6.16. The fraction of sp³-hybridized carbons (Fsp3) is 0.261. The van der Waals surface area contributed by atoms with Crippen LogP contribution < -0.4 is 0 Å². The van der Waals surface area contributed by atoms with E-state index in [1.807, 2.05) is 0 Å². The second-order valence-electron chi connectivity index (χ2n) is 7.29. The maximum absolute atomic E-state index is 13.4. The zero-order chi connectivity index (χ0) is 22.7. The van der Waals surface area contributed by atoms with Crippen LogP contribution in [0.1, 0.15) is 17.4 Å². The Morgan fingerprint density at radius 1 is 0.906 bits per heavy atom. The molecule has 0 N–H and O–H groups in total. The van der Waals surface area contributed by atoms with Crippen LogP contribution in [0.2, 0.25) is 0 Å². The number of carbonyl (C=O) groups excluding carboxylic acids is 2. The lowest BCUT2D eigenvalue weighted by Gasteiger charge is -2.34. The van der Waals surface area contributed by atoms with Crippen molar-refractivity contribution in [2.45, 2.75) is 6.92 Å². The SMILES string of the molecule is CCOC(=O)N1CCN(C(=O)c2cc(-c3ccc(F)cc3)nn2-c2ccc(F)cc2)CC1.